The molecule has 0 bridgehead atoms. The van der Waals surface area contributed by atoms with Gasteiger partial charge in [0, 0.05) is 17.3 Å². The fourth-order valence-corrected chi connectivity index (χ4v) is 3.28. The number of fused-ring (bicyclic) bond motifs is 1. The first-order valence-electron chi connectivity index (χ1n) is 8.85. The van der Waals surface area contributed by atoms with Crippen molar-refractivity contribution in [2.45, 2.75) is 18.8 Å². The van der Waals surface area contributed by atoms with Gasteiger partial charge in [-0.2, -0.15) is 0 Å². The zero-order valence-electron chi connectivity index (χ0n) is 14.7. The normalized spacial score (nSPS) is 14.5. The molecule has 1 saturated heterocycles. The Morgan fingerprint density at radius 2 is 1.73 bits per heavy atom. The van der Waals surface area contributed by atoms with E-state index in [1.165, 1.54) is 31.5 Å². The number of hydrogen-bond donors (Lipinski definition) is 3. The molecule has 0 spiro atoms. The number of primary amides is 1. The topological polar surface area (TPSA) is 94.0 Å². The molecule has 0 atom stereocenters. The van der Waals surface area contributed by atoms with Gasteiger partial charge in [0.25, 0.3) is 5.91 Å². The van der Waals surface area contributed by atoms with Crippen molar-refractivity contribution in [1.82, 2.24) is 10.3 Å². The third-order valence-electron chi connectivity index (χ3n) is 4.68. The van der Waals surface area contributed by atoms with Crippen molar-refractivity contribution in [3.8, 4) is 0 Å². The predicted molar refractivity (Wildman–Crippen MR) is 106 cm³/mol. The number of piperidine rings is 1. The second kappa shape index (κ2) is 8.45. The molecule has 1 aliphatic rings. The van der Waals surface area contributed by atoms with Crippen LogP contribution in [0.4, 0.5) is 5.69 Å². The molecular weight excluding hydrogens is 324 g/mol. The lowest BCUT2D eigenvalue weighted by atomic mass is 9.90. The minimum absolute atomic E-state index is 0.398. The number of carbonyl (C=O) groups is 1. The summed E-state index contributed by atoms with van der Waals surface area (Å²) in [4.78, 5) is 15.2. The van der Waals surface area contributed by atoms with Gasteiger partial charge in [0.1, 0.15) is 0 Å². The smallest absolute Gasteiger partial charge is 0.250 e. The lowest BCUT2D eigenvalue weighted by Crippen LogP contribution is -2.26. The molecule has 1 fully saturated rings. The van der Waals surface area contributed by atoms with Crippen LogP contribution in [0.3, 0.4) is 0 Å². The van der Waals surface area contributed by atoms with Gasteiger partial charge in [0.15, 0.2) is 0 Å². The summed E-state index contributed by atoms with van der Waals surface area (Å²) >= 11 is 0. The van der Waals surface area contributed by atoms with Gasteiger partial charge in [-0.3, -0.25) is 9.78 Å². The van der Waals surface area contributed by atoms with Crippen molar-refractivity contribution in [1.29, 1.82) is 0 Å². The van der Waals surface area contributed by atoms with Gasteiger partial charge in [-0.15, -0.1) is 0 Å². The molecule has 134 valence electrons. The predicted octanol–water partition coefficient (Wildman–Crippen LogP) is 3.07. The summed E-state index contributed by atoms with van der Waals surface area (Å²) in [7, 11) is 0. The number of pyridine rings is 1. The molecule has 2 heterocycles. The lowest BCUT2D eigenvalue weighted by Gasteiger charge is -2.22. The van der Waals surface area contributed by atoms with Crippen LogP contribution in [0.1, 0.15) is 34.7 Å². The number of anilines is 1. The van der Waals surface area contributed by atoms with Crippen molar-refractivity contribution in [3.63, 3.8) is 0 Å². The molecule has 1 amide bonds. The van der Waals surface area contributed by atoms with Gasteiger partial charge in [0.05, 0.1) is 11.1 Å². The molecule has 4 rings (SSSR count). The number of hydrogen-bond acceptors (Lipinski definition) is 4. The fraction of sp³-hybridized carbons (Fsp3) is 0.238. The van der Waals surface area contributed by atoms with Gasteiger partial charge in [-0.25, -0.2) is 0 Å². The highest BCUT2D eigenvalue weighted by molar-refractivity contribution is 6.07. The first-order valence-corrected chi connectivity index (χ1v) is 8.85. The molecule has 0 radical (unpaired) electrons. The SMILES string of the molecule is NC(=O)c1cccc2c(N)ccnc12.c1ccc(C2CCNCC2)cc1. The molecule has 0 unspecified atom stereocenters. The average molecular weight is 348 g/mol. The number of nitrogens with zero attached hydrogens (tertiary/aromatic N) is 1. The summed E-state index contributed by atoms with van der Waals surface area (Å²) in [6.07, 6.45) is 4.15. The average Bonchev–Trinajstić information content (AvgIpc) is 2.70. The van der Waals surface area contributed by atoms with Crippen LogP contribution < -0.4 is 16.8 Å². The molecule has 3 aromatic rings. The fourth-order valence-electron chi connectivity index (χ4n) is 3.28. The minimum Gasteiger partial charge on any atom is -0.398 e. The highest BCUT2D eigenvalue weighted by Crippen LogP contribution is 2.24. The minimum atomic E-state index is -0.492. The highest BCUT2D eigenvalue weighted by Gasteiger charge is 2.13. The summed E-state index contributed by atoms with van der Waals surface area (Å²) in [5.41, 5.74) is 14.0. The Morgan fingerprint density at radius 1 is 1.00 bits per heavy atom. The number of carbonyl (C=O) groups excluding carboxylic acids is 1. The molecule has 5 nitrogen and oxygen atoms in total. The standard InChI is InChI=1S/C11H15N.C10H9N3O/c1-2-4-10(5-3-1)11-6-8-12-9-7-11;11-8-4-5-13-9-6(8)2-1-3-7(9)10(12)14/h1-5,11-12H,6-9H2;1-5H,(H2,11,13)(H2,12,14). The van der Waals surface area contributed by atoms with Crippen LogP contribution in [0.25, 0.3) is 10.9 Å². The van der Waals surface area contributed by atoms with E-state index in [2.05, 4.69) is 40.6 Å². The van der Waals surface area contributed by atoms with Gasteiger partial charge in [-0.1, -0.05) is 42.5 Å². The van der Waals surface area contributed by atoms with E-state index < -0.39 is 5.91 Å². The number of nitrogens with two attached hydrogens (primary N) is 2. The van der Waals surface area contributed by atoms with E-state index in [4.69, 9.17) is 11.5 Å². The third kappa shape index (κ3) is 4.18. The van der Waals surface area contributed by atoms with E-state index >= 15 is 0 Å². The Balaban J connectivity index is 0.000000152. The molecule has 1 aliphatic heterocycles. The largest absolute Gasteiger partial charge is 0.398 e. The van der Waals surface area contributed by atoms with Gasteiger partial charge < -0.3 is 16.8 Å². The molecule has 2 aromatic carbocycles. The van der Waals surface area contributed by atoms with Crippen LogP contribution in [0.15, 0.2) is 60.8 Å². The second-order valence-corrected chi connectivity index (χ2v) is 6.40. The second-order valence-electron chi connectivity index (χ2n) is 6.40. The number of amides is 1. The quantitative estimate of drug-likeness (QED) is 0.663. The van der Waals surface area contributed by atoms with E-state index in [0.29, 0.717) is 16.8 Å². The summed E-state index contributed by atoms with van der Waals surface area (Å²) in [6.45, 7) is 2.36. The van der Waals surface area contributed by atoms with Crippen LogP contribution in [-0.4, -0.2) is 24.0 Å². The Bertz CT molecular complexity index is 874. The summed E-state index contributed by atoms with van der Waals surface area (Å²) in [5, 5.41) is 4.14. The van der Waals surface area contributed by atoms with Crippen molar-refractivity contribution < 1.29 is 4.79 Å². The Kier molecular flexibility index (Phi) is 5.81. The molecule has 26 heavy (non-hydrogen) atoms. The number of rotatable bonds is 2. The Morgan fingerprint density at radius 3 is 2.42 bits per heavy atom. The number of aromatic nitrogens is 1. The first-order chi connectivity index (χ1) is 12.7. The zero-order chi connectivity index (χ0) is 18.4. The third-order valence-corrected chi connectivity index (χ3v) is 4.68. The number of benzene rings is 2. The molecule has 5 heteroatoms. The van der Waals surface area contributed by atoms with Gasteiger partial charge in [-0.05, 0) is 49.5 Å². The lowest BCUT2D eigenvalue weighted by molar-refractivity contribution is 0.100. The molecule has 0 saturated carbocycles. The van der Waals surface area contributed by atoms with E-state index in [9.17, 15) is 4.79 Å². The van der Waals surface area contributed by atoms with E-state index in [1.807, 2.05) is 6.07 Å². The summed E-state index contributed by atoms with van der Waals surface area (Å²) in [5.74, 6) is 0.307. The maximum Gasteiger partial charge on any atom is 0.250 e. The van der Waals surface area contributed by atoms with Crippen molar-refractivity contribution in [2.75, 3.05) is 18.8 Å². The number of nitrogen functional groups attached to an aromatic ring is 1. The van der Waals surface area contributed by atoms with E-state index in [0.717, 1.165) is 11.3 Å². The van der Waals surface area contributed by atoms with Crippen LogP contribution in [0.5, 0.6) is 0 Å². The van der Waals surface area contributed by atoms with Gasteiger partial charge >= 0.3 is 0 Å². The monoisotopic (exact) mass is 348 g/mol. The number of nitrogens with one attached hydrogen (secondary N) is 1. The molecule has 5 N–H and O–H groups in total. The summed E-state index contributed by atoms with van der Waals surface area (Å²) in [6, 6.07) is 17.7. The molecule has 1 aromatic heterocycles. The van der Waals surface area contributed by atoms with Crippen LogP contribution >= 0.6 is 0 Å². The van der Waals surface area contributed by atoms with Gasteiger partial charge in [0.2, 0.25) is 0 Å². The Labute approximate surface area is 153 Å². The van der Waals surface area contributed by atoms with Crippen molar-refractivity contribution in [3.05, 3.63) is 71.9 Å². The van der Waals surface area contributed by atoms with Crippen LogP contribution in [0.2, 0.25) is 0 Å². The molecule has 0 aliphatic carbocycles. The molecular formula is C21H24N4O. The first kappa shape index (κ1) is 17.9. The number of para-hydroxylation sites is 1. The Hall–Kier alpha value is -2.92. The maximum absolute atomic E-state index is 11.1. The van der Waals surface area contributed by atoms with Crippen molar-refractivity contribution in [2.24, 2.45) is 5.73 Å². The van der Waals surface area contributed by atoms with Crippen LogP contribution in [-0.2, 0) is 0 Å². The highest BCUT2D eigenvalue weighted by atomic mass is 16.1. The van der Waals surface area contributed by atoms with Crippen molar-refractivity contribution >= 4 is 22.5 Å². The van der Waals surface area contributed by atoms with E-state index in [1.54, 1.807) is 24.4 Å². The van der Waals surface area contributed by atoms with E-state index in [-0.39, 0.29) is 0 Å². The summed E-state index contributed by atoms with van der Waals surface area (Å²) < 4.78 is 0. The maximum atomic E-state index is 11.1. The zero-order valence-corrected chi connectivity index (χ0v) is 14.7. The van der Waals surface area contributed by atoms with Crippen LogP contribution in [0, 0.1) is 0 Å².